The van der Waals surface area contributed by atoms with Gasteiger partial charge in [-0.25, -0.2) is 0 Å². The number of carbonyl (C=O) groups is 1. The fraction of sp³-hybridized carbons (Fsp3) is 0.500. The Morgan fingerprint density at radius 2 is 2.00 bits per heavy atom. The zero-order valence-corrected chi connectivity index (χ0v) is 18.7. The summed E-state index contributed by atoms with van der Waals surface area (Å²) in [6.07, 6.45) is 4.92. The van der Waals surface area contributed by atoms with E-state index in [2.05, 4.69) is 34.0 Å². The second-order valence-electron chi connectivity index (χ2n) is 6.23. The van der Waals surface area contributed by atoms with Crippen molar-refractivity contribution in [2.24, 2.45) is 4.99 Å². The molecule has 1 rings (SSSR count). The number of hydrogen-bond acceptors (Lipinski definition) is 2. The van der Waals surface area contributed by atoms with Crippen LogP contribution in [-0.2, 0) is 6.54 Å². The van der Waals surface area contributed by atoms with E-state index in [-0.39, 0.29) is 35.9 Å². The molecule has 0 heterocycles. The van der Waals surface area contributed by atoms with Crippen LogP contribution in [0.4, 0.5) is 0 Å². The summed E-state index contributed by atoms with van der Waals surface area (Å²) >= 11 is 0. The largest absolute Gasteiger partial charge is 0.352 e. The summed E-state index contributed by atoms with van der Waals surface area (Å²) in [7, 11) is 3.81. The van der Waals surface area contributed by atoms with Crippen molar-refractivity contribution < 1.29 is 4.79 Å². The monoisotopic (exact) mass is 472 g/mol. The van der Waals surface area contributed by atoms with Gasteiger partial charge in [-0.3, -0.25) is 9.79 Å². The maximum absolute atomic E-state index is 12.1. The number of guanidine groups is 1. The summed E-state index contributed by atoms with van der Waals surface area (Å²) in [4.78, 5) is 18.5. The molecule has 1 unspecified atom stereocenters. The molecule has 0 fully saturated rings. The van der Waals surface area contributed by atoms with Gasteiger partial charge in [0.1, 0.15) is 0 Å². The SMILES string of the molecule is C=CCCCN(C)C(=NC)NCc1ccc(C(=O)NC(C)CC)cc1.I. The van der Waals surface area contributed by atoms with Gasteiger partial charge in [0.2, 0.25) is 0 Å². The maximum atomic E-state index is 12.1. The molecule has 0 aliphatic heterocycles. The van der Waals surface area contributed by atoms with E-state index < -0.39 is 0 Å². The second kappa shape index (κ2) is 13.6. The lowest BCUT2D eigenvalue weighted by atomic mass is 10.1. The van der Waals surface area contributed by atoms with Gasteiger partial charge in [-0.2, -0.15) is 0 Å². The number of rotatable bonds is 9. The fourth-order valence-corrected chi connectivity index (χ4v) is 2.33. The molecular formula is C20H33IN4O. The molecule has 6 heteroatoms. The van der Waals surface area contributed by atoms with E-state index in [1.54, 1.807) is 7.05 Å². The van der Waals surface area contributed by atoms with Gasteiger partial charge >= 0.3 is 0 Å². The predicted octanol–water partition coefficient (Wildman–Crippen LogP) is 3.81. The molecule has 1 atom stereocenters. The minimum absolute atomic E-state index is 0. The molecule has 2 N–H and O–H groups in total. The van der Waals surface area contributed by atoms with Crippen molar-refractivity contribution in [1.82, 2.24) is 15.5 Å². The van der Waals surface area contributed by atoms with Crippen LogP contribution in [0.15, 0.2) is 41.9 Å². The van der Waals surface area contributed by atoms with E-state index in [0.29, 0.717) is 12.1 Å². The summed E-state index contributed by atoms with van der Waals surface area (Å²) in [5, 5.41) is 6.33. The van der Waals surface area contributed by atoms with Crippen molar-refractivity contribution in [3.63, 3.8) is 0 Å². The Balaban J connectivity index is 0.00000625. The van der Waals surface area contributed by atoms with Gasteiger partial charge < -0.3 is 15.5 Å². The van der Waals surface area contributed by atoms with Crippen LogP contribution in [0.1, 0.15) is 49.0 Å². The lowest BCUT2D eigenvalue weighted by molar-refractivity contribution is 0.0939. The summed E-state index contributed by atoms with van der Waals surface area (Å²) in [5.41, 5.74) is 1.80. The number of benzene rings is 1. The first-order valence-electron chi connectivity index (χ1n) is 8.94. The molecule has 1 amide bonds. The Labute approximate surface area is 175 Å². The molecule has 0 aliphatic carbocycles. The number of halogens is 1. The molecule has 0 saturated heterocycles. The number of nitrogens with one attached hydrogen (secondary N) is 2. The number of allylic oxidation sites excluding steroid dienone is 1. The average Bonchev–Trinajstić information content (AvgIpc) is 2.62. The molecule has 0 spiro atoms. The normalized spacial score (nSPS) is 11.9. The third-order valence-electron chi connectivity index (χ3n) is 4.13. The van der Waals surface area contributed by atoms with Crippen molar-refractivity contribution in [2.45, 2.75) is 45.7 Å². The standard InChI is InChI=1S/C20H32N4O.HI/c1-6-8-9-14-24(5)20(21-4)22-15-17-10-12-18(13-11-17)19(25)23-16(3)7-2;/h6,10-13,16H,1,7-9,14-15H2,2-5H3,(H,21,22)(H,23,25);1H. The van der Waals surface area contributed by atoms with Crippen molar-refractivity contribution in [3.8, 4) is 0 Å². The van der Waals surface area contributed by atoms with Crippen LogP contribution in [0.3, 0.4) is 0 Å². The smallest absolute Gasteiger partial charge is 0.251 e. The first-order valence-corrected chi connectivity index (χ1v) is 8.94. The fourth-order valence-electron chi connectivity index (χ4n) is 2.33. The molecule has 26 heavy (non-hydrogen) atoms. The van der Waals surface area contributed by atoms with E-state index >= 15 is 0 Å². The highest BCUT2D eigenvalue weighted by atomic mass is 127. The molecule has 1 aromatic rings. The summed E-state index contributed by atoms with van der Waals surface area (Å²) < 4.78 is 0. The van der Waals surface area contributed by atoms with E-state index in [4.69, 9.17) is 0 Å². The molecule has 1 aromatic carbocycles. The highest BCUT2D eigenvalue weighted by molar-refractivity contribution is 14.0. The Kier molecular flexibility index (Phi) is 12.8. The van der Waals surface area contributed by atoms with Crippen molar-refractivity contribution in [2.75, 3.05) is 20.6 Å². The Bertz CT molecular complexity index is 572. The summed E-state index contributed by atoms with van der Waals surface area (Å²) in [6, 6.07) is 7.87. The van der Waals surface area contributed by atoms with Gasteiger partial charge in [0, 0.05) is 38.8 Å². The minimum Gasteiger partial charge on any atom is -0.352 e. The quantitative estimate of drug-likeness (QED) is 0.189. The second-order valence-corrected chi connectivity index (χ2v) is 6.23. The first-order chi connectivity index (χ1) is 12.0. The van der Waals surface area contributed by atoms with Crippen LogP contribution in [0.5, 0.6) is 0 Å². The van der Waals surface area contributed by atoms with Crippen LogP contribution < -0.4 is 10.6 Å². The van der Waals surface area contributed by atoms with E-state index in [9.17, 15) is 4.79 Å². The van der Waals surface area contributed by atoms with Gasteiger partial charge in [-0.1, -0.05) is 25.1 Å². The number of unbranched alkanes of at least 4 members (excludes halogenated alkanes) is 1. The molecule has 0 aromatic heterocycles. The molecule has 0 bridgehead atoms. The summed E-state index contributed by atoms with van der Waals surface area (Å²) in [6.45, 7) is 9.41. The molecule has 5 nitrogen and oxygen atoms in total. The van der Waals surface area contributed by atoms with Gasteiger partial charge in [-0.05, 0) is 43.9 Å². The van der Waals surface area contributed by atoms with Crippen LogP contribution in [-0.4, -0.2) is 43.4 Å². The van der Waals surface area contributed by atoms with Gasteiger partial charge in [0.25, 0.3) is 5.91 Å². The molecule has 0 saturated carbocycles. The Morgan fingerprint density at radius 3 is 2.54 bits per heavy atom. The van der Waals surface area contributed by atoms with Crippen molar-refractivity contribution in [1.29, 1.82) is 0 Å². The summed E-state index contributed by atoms with van der Waals surface area (Å²) in [5.74, 6) is 0.842. The van der Waals surface area contributed by atoms with Gasteiger partial charge in [0.15, 0.2) is 5.96 Å². The first kappa shape index (κ1) is 24.4. The van der Waals surface area contributed by atoms with Crippen molar-refractivity contribution in [3.05, 3.63) is 48.0 Å². The third-order valence-corrected chi connectivity index (χ3v) is 4.13. The Morgan fingerprint density at radius 1 is 1.35 bits per heavy atom. The van der Waals surface area contributed by atoms with Gasteiger partial charge in [0.05, 0.1) is 0 Å². The lowest BCUT2D eigenvalue weighted by Crippen LogP contribution is -2.39. The van der Waals surface area contributed by atoms with E-state index in [1.807, 2.05) is 44.3 Å². The topological polar surface area (TPSA) is 56.7 Å². The molecular weight excluding hydrogens is 439 g/mol. The van der Waals surface area contributed by atoms with Crippen LogP contribution in [0.25, 0.3) is 0 Å². The third kappa shape index (κ3) is 8.69. The number of nitrogens with zero attached hydrogens (tertiary/aromatic N) is 2. The van der Waals surface area contributed by atoms with Gasteiger partial charge in [-0.15, -0.1) is 30.6 Å². The highest BCUT2D eigenvalue weighted by Crippen LogP contribution is 2.06. The molecule has 0 aliphatic rings. The molecule has 146 valence electrons. The van der Waals surface area contributed by atoms with E-state index in [0.717, 1.165) is 37.3 Å². The maximum Gasteiger partial charge on any atom is 0.251 e. The number of amides is 1. The zero-order chi connectivity index (χ0) is 18.7. The Hall–Kier alpha value is -1.57. The van der Waals surface area contributed by atoms with Crippen LogP contribution in [0.2, 0.25) is 0 Å². The van der Waals surface area contributed by atoms with Crippen LogP contribution in [0, 0.1) is 0 Å². The van der Waals surface area contributed by atoms with Crippen molar-refractivity contribution >= 4 is 35.8 Å². The number of hydrogen-bond donors (Lipinski definition) is 2. The predicted molar refractivity (Wildman–Crippen MR) is 121 cm³/mol. The minimum atomic E-state index is -0.0216. The number of aliphatic imine (C=N–C) groups is 1. The molecule has 0 radical (unpaired) electrons. The average molecular weight is 472 g/mol. The number of carbonyl (C=O) groups excluding carboxylic acids is 1. The lowest BCUT2D eigenvalue weighted by Gasteiger charge is -2.22. The zero-order valence-electron chi connectivity index (χ0n) is 16.4. The van der Waals surface area contributed by atoms with Crippen LogP contribution >= 0.6 is 24.0 Å². The highest BCUT2D eigenvalue weighted by Gasteiger charge is 2.09. The van der Waals surface area contributed by atoms with E-state index in [1.165, 1.54) is 0 Å².